The van der Waals surface area contributed by atoms with Crippen molar-refractivity contribution in [2.24, 2.45) is 0 Å². The maximum atomic E-state index is 12.7. The zero-order valence-electron chi connectivity index (χ0n) is 5.92. The van der Waals surface area contributed by atoms with Gasteiger partial charge in [-0.3, -0.25) is 0 Å². The minimum atomic E-state index is -0.392. The molecule has 0 unspecified atom stereocenters. The van der Waals surface area contributed by atoms with Crippen LogP contribution < -0.4 is 0 Å². The molecular weight excluding hydrogens is 147 g/mol. The highest BCUT2D eigenvalue weighted by Crippen LogP contribution is 2.15. The Morgan fingerprint density at radius 1 is 1.36 bits per heavy atom. The van der Waals surface area contributed by atoms with Gasteiger partial charge in [-0.25, -0.2) is 4.39 Å². The first-order valence-corrected chi connectivity index (χ1v) is 3.32. The third kappa shape index (κ3) is 1.91. The lowest BCUT2D eigenvalue weighted by Crippen LogP contribution is -1.93. The lowest BCUT2D eigenvalue weighted by atomic mass is 10.1. The summed E-state index contributed by atoms with van der Waals surface area (Å²) in [5.41, 5.74) is 0.340. The molecule has 1 aromatic carbocycles. The molecule has 1 aromatic rings. The van der Waals surface area contributed by atoms with Gasteiger partial charge in [-0.05, 0) is 30.2 Å². The summed E-state index contributed by atoms with van der Waals surface area (Å²) in [5, 5.41) is 17.4. The van der Waals surface area contributed by atoms with Crippen LogP contribution in [0.15, 0.2) is 18.2 Å². The second-order valence-electron chi connectivity index (χ2n) is 2.25. The van der Waals surface area contributed by atoms with Crippen molar-refractivity contribution in [3.8, 4) is 5.75 Å². The van der Waals surface area contributed by atoms with Crippen molar-refractivity contribution in [3.05, 3.63) is 29.6 Å². The van der Waals surface area contributed by atoms with Crippen molar-refractivity contribution in [2.45, 2.75) is 6.42 Å². The second kappa shape index (κ2) is 3.34. The van der Waals surface area contributed by atoms with Crippen LogP contribution in [0, 0.1) is 5.82 Å². The highest BCUT2D eigenvalue weighted by Gasteiger charge is 2.01. The minimum absolute atomic E-state index is 0.0230. The van der Waals surface area contributed by atoms with E-state index >= 15 is 0 Å². The lowest BCUT2D eigenvalue weighted by molar-refractivity contribution is 0.297. The normalized spacial score (nSPS) is 10.0. The number of phenols is 1. The number of aliphatic hydroxyl groups excluding tert-OH is 1. The summed E-state index contributed by atoms with van der Waals surface area (Å²) < 4.78 is 12.7. The summed E-state index contributed by atoms with van der Waals surface area (Å²) in [7, 11) is 0. The third-order valence-electron chi connectivity index (χ3n) is 1.41. The molecule has 0 aliphatic rings. The lowest BCUT2D eigenvalue weighted by Gasteiger charge is -2.00. The number of hydrogen-bond donors (Lipinski definition) is 2. The quantitative estimate of drug-likeness (QED) is 0.672. The molecule has 0 heterocycles. The van der Waals surface area contributed by atoms with Crippen LogP contribution >= 0.6 is 0 Å². The molecule has 0 spiro atoms. The van der Waals surface area contributed by atoms with E-state index in [4.69, 9.17) is 10.2 Å². The van der Waals surface area contributed by atoms with E-state index in [9.17, 15) is 4.39 Å². The van der Waals surface area contributed by atoms with E-state index in [2.05, 4.69) is 0 Å². The average Bonchev–Trinajstić information content (AvgIpc) is 1.98. The van der Waals surface area contributed by atoms with Crippen LogP contribution in [0.1, 0.15) is 5.56 Å². The Balaban J connectivity index is 2.93. The number of benzene rings is 1. The Kier molecular flexibility index (Phi) is 2.44. The van der Waals surface area contributed by atoms with Crippen molar-refractivity contribution in [2.75, 3.05) is 6.61 Å². The SMILES string of the molecule is OCCc1cc(O)ccc1F. The number of rotatable bonds is 2. The van der Waals surface area contributed by atoms with Crippen molar-refractivity contribution in [1.29, 1.82) is 0 Å². The highest BCUT2D eigenvalue weighted by molar-refractivity contribution is 5.28. The van der Waals surface area contributed by atoms with Gasteiger partial charge in [-0.15, -0.1) is 0 Å². The summed E-state index contributed by atoms with van der Waals surface area (Å²) in [6, 6.07) is 3.77. The van der Waals surface area contributed by atoms with Crippen molar-refractivity contribution in [1.82, 2.24) is 0 Å². The number of aliphatic hydroxyl groups is 1. The molecule has 0 bridgehead atoms. The van der Waals surface area contributed by atoms with Gasteiger partial charge in [0.25, 0.3) is 0 Å². The number of hydrogen-bond acceptors (Lipinski definition) is 2. The standard InChI is InChI=1S/C8H9FO2/c9-8-2-1-7(11)5-6(8)3-4-10/h1-2,5,10-11H,3-4H2. The maximum Gasteiger partial charge on any atom is 0.126 e. The van der Waals surface area contributed by atoms with Crippen LogP contribution in [0.4, 0.5) is 4.39 Å². The molecule has 0 saturated heterocycles. The summed E-state index contributed by atoms with van der Waals surface area (Å²) >= 11 is 0. The zero-order chi connectivity index (χ0) is 8.27. The van der Waals surface area contributed by atoms with E-state index < -0.39 is 5.82 Å². The molecule has 0 aliphatic carbocycles. The van der Waals surface area contributed by atoms with Gasteiger partial charge in [0.05, 0.1) is 0 Å². The molecule has 1 rings (SSSR count). The molecule has 11 heavy (non-hydrogen) atoms. The van der Waals surface area contributed by atoms with Crippen LogP contribution in [0.25, 0.3) is 0 Å². The summed E-state index contributed by atoms with van der Waals surface area (Å²) in [6.07, 6.45) is 0.236. The molecule has 0 aromatic heterocycles. The fraction of sp³-hybridized carbons (Fsp3) is 0.250. The molecule has 0 fully saturated rings. The van der Waals surface area contributed by atoms with Crippen LogP contribution in [0.3, 0.4) is 0 Å². The topological polar surface area (TPSA) is 40.5 Å². The van der Waals surface area contributed by atoms with E-state index in [0.717, 1.165) is 0 Å². The molecule has 0 saturated carbocycles. The van der Waals surface area contributed by atoms with Crippen molar-refractivity contribution in [3.63, 3.8) is 0 Å². The van der Waals surface area contributed by atoms with Gasteiger partial charge >= 0.3 is 0 Å². The molecule has 2 N–H and O–H groups in total. The van der Waals surface area contributed by atoms with E-state index in [0.29, 0.717) is 5.56 Å². The van der Waals surface area contributed by atoms with Crippen LogP contribution in [0.5, 0.6) is 5.75 Å². The average molecular weight is 156 g/mol. The third-order valence-corrected chi connectivity index (χ3v) is 1.41. The van der Waals surface area contributed by atoms with E-state index in [1.165, 1.54) is 18.2 Å². The van der Waals surface area contributed by atoms with Gasteiger partial charge in [0.1, 0.15) is 11.6 Å². The first kappa shape index (κ1) is 8.01. The fourth-order valence-electron chi connectivity index (χ4n) is 0.873. The molecule has 0 aliphatic heterocycles. The van der Waals surface area contributed by atoms with Gasteiger partial charge in [0.2, 0.25) is 0 Å². The molecule has 0 radical (unpaired) electrons. The van der Waals surface area contributed by atoms with Gasteiger partial charge in [0, 0.05) is 6.61 Å². The predicted molar refractivity (Wildman–Crippen MR) is 38.9 cm³/mol. The Morgan fingerprint density at radius 3 is 2.73 bits per heavy atom. The second-order valence-corrected chi connectivity index (χ2v) is 2.25. The van der Waals surface area contributed by atoms with Gasteiger partial charge in [-0.2, -0.15) is 0 Å². The maximum absolute atomic E-state index is 12.7. The number of halogens is 1. The molecule has 3 heteroatoms. The van der Waals surface area contributed by atoms with E-state index in [1.807, 2.05) is 0 Å². The molecule has 0 amide bonds. The van der Waals surface area contributed by atoms with Gasteiger partial charge < -0.3 is 10.2 Å². The first-order valence-electron chi connectivity index (χ1n) is 3.32. The Hall–Kier alpha value is -1.09. The van der Waals surface area contributed by atoms with Crippen LogP contribution in [0.2, 0.25) is 0 Å². The van der Waals surface area contributed by atoms with Crippen LogP contribution in [-0.2, 0) is 6.42 Å². The smallest absolute Gasteiger partial charge is 0.126 e. The Morgan fingerprint density at radius 2 is 2.09 bits per heavy atom. The number of phenolic OH excluding ortho intramolecular Hbond substituents is 1. The van der Waals surface area contributed by atoms with E-state index in [1.54, 1.807) is 0 Å². The van der Waals surface area contributed by atoms with Gasteiger partial charge in [-0.1, -0.05) is 0 Å². The fourth-order valence-corrected chi connectivity index (χ4v) is 0.873. The van der Waals surface area contributed by atoms with Crippen molar-refractivity contribution >= 4 is 0 Å². The summed E-state index contributed by atoms with van der Waals surface area (Å²) in [4.78, 5) is 0. The monoisotopic (exact) mass is 156 g/mol. The molecule has 60 valence electrons. The first-order chi connectivity index (χ1) is 5.24. The predicted octanol–water partition coefficient (Wildman–Crippen LogP) is 1.07. The molecule has 2 nitrogen and oxygen atoms in total. The number of aromatic hydroxyl groups is 1. The van der Waals surface area contributed by atoms with Crippen LogP contribution in [-0.4, -0.2) is 16.8 Å². The molecule has 0 atom stereocenters. The largest absolute Gasteiger partial charge is 0.508 e. The summed E-state index contributed by atoms with van der Waals surface area (Å²) in [5.74, 6) is -0.369. The summed E-state index contributed by atoms with van der Waals surface area (Å²) in [6.45, 7) is -0.111. The van der Waals surface area contributed by atoms with E-state index in [-0.39, 0.29) is 18.8 Å². The zero-order valence-corrected chi connectivity index (χ0v) is 5.92. The molecular formula is C8H9FO2. The van der Waals surface area contributed by atoms with Crippen molar-refractivity contribution < 1.29 is 14.6 Å². The van der Waals surface area contributed by atoms with Gasteiger partial charge in [0.15, 0.2) is 0 Å². The Labute approximate surface area is 63.9 Å². The minimum Gasteiger partial charge on any atom is -0.508 e. The Bertz CT molecular complexity index is 248. The highest BCUT2D eigenvalue weighted by atomic mass is 19.1.